The Morgan fingerprint density at radius 3 is 2.45 bits per heavy atom. The van der Waals surface area contributed by atoms with Crippen molar-refractivity contribution in [2.45, 2.75) is 119 Å². The molecule has 18 heteroatoms. The van der Waals surface area contributed by atoms with E-state index in [1.807, 2.05) is 12.1 Å². The van der Waals surface area contributed by atoms with Gasteiger partial charge in [-0.1, -0.05) is 48.7 Å². The molecule has 5 atom stereocenters. The average molecular weight is 784 g/mol. The van der Waals surface area contributed by atoms with Gasteiger partial charge in [0.15, 0.2) is 0 Å². The van der Waals surface area contributed by atoms with Gasteiger partial charge >= 0.3 is 12.3 Å². The van der Waals surface area contributed by atoms with Crippen molar-refractivity contribution in [3.05, 3.63) is 46.5 Å². The van der Waals surface area contributed by atoms with Crippen LogP contribution in [0.4, 0.5) is 18.0 Å². The topological polar surface area (TPSA) is 171 Å². The summed E-state index contributed by atoms with van der Waals surface area (Å²) >= 11 is 6.32. The molecule has 3 aliphatic carbocycles. The Bertz CT molecular complexity index is 1850. The van der Waals surface area contributed by atoms with Gasteiger partial charge in [0, 0.05) is 23.9 Å². The van der Waals surface area contributed by atoms with E-state index in [-0.39, 0.29) is 38.9 Å². The summed E-state index contributed by atoms with van der Waals surface area (Å²) in [5.41, 5.74) is -2.65. The minimum atomic E-state index is -4.82. The lowest BCUT2D eigenvalue weighted by atomic mass is 10.0. The summed E-state index contributed by atoms with van der Waals surface area (Å²) in [7, 11) is -3.98. The van der Waals surface area contributed by atoms with Crippen LogP contribution in [0, 0.1) is 11.3 Å². The highest BCUT2D eigenvalue weighted by Gasteiger charge is 2.69. The fourth-order valence-electron chi connectivity index (χ4n) is 7.64. The Kier molecular flexibility index (Phi) is 9.73. The molecule has 3 aliphatic heterocycles. The summed E-state index contributed by atoms with van der Waals surface area (Å²) in [6.45, 7) is 0.0530. The first-order chi connectivity index (χ1) is 25.0. The van der Waals surface area contributed by atoms with E-state index in [0.29, 0.717) is 43.5 Å². The second kappa shape index (κ2) is 13.8. The van der Waals surface area contributed by atoms with Gasteiger partial charge in [-0.25, -0.2) is 13.2 Å². The molecule has 288 valence electrons. The van der Waals surface area contributed by atoms with Crippen LogP contribution < -0.4 is 15.4 Å². The minimum absolute atomic E-state index is 0.00168. The first-order valence-corrected chi connectivity index (χ1v) is 19.9. The standard InChI is InChI=1S/C35H41ClF3N5O8S/c36-25-9-6-7-20-17-43(19-24(20)25)32(49)52-22-15-27-28(45)41-34(31(48)42-53(50,51)23-11-12-23)16-21(34)8-4-2-1-3-5-10-26(29(46)44(27)18-22)40-30(47)33(13-14-33)35(37,38)39/h4,6-9,21-23,26-27H,1-3,5,10-19H2,(H,40,47)(H,41,45)(H,42,48)/t21-,22-,26+,27+,34-/m1/s1. The molecule has 1 aromatic carbocycles. The van der Waals surface area contributed by atoms with Gasteiger partial charge in [-0.2, -0.15) is 13.2 Å². The number of nitrogens with one attached hydrogen (secondary N) is 3. The fraction of sp³-hybridized carbons (Fsp3) is 0.629. The third-order valence-electron chi connectivity index (χ3n) is 11.3. The molecule has 7 rings (SSSR count). The van der Waals surface area contributed by atoms with E-state index in [9.17, 15) is 45.6 Å². The highest BCUT2D eigenvalue weighted by molar-refractivity contribution is 7.91. The maximum Gasteiger partial charge on any atom is 0.410 e. The Morgan fingerprint density at radius 2 is 1.77 bits per heavy atom. The van der Waals surface area contributed by atoms with Crippen LogP contribution in [0.15, 0.2) is 30.4 Å². The molecule has 1 aromatic rings. The van der Waals surface area contributed by atoms with Crippen molar-refractivity contribution in [1.82, 2.24) is 25.2 Å². The minimum Gasteiger partial charge on any atom is -0.444 e. The smallest absolute Gasteiger partial charge is 0.410 e. The number of alkyl halides is 3. The van der Waals surface area contributed by atoms with E-state index in [1.54, 1.807) is 18.2 Å². The van der Waals surface area contributed by atoms with Crippen molar-refractivity contribution < 1.29 is 50.3 Å². The van der Waals surface area contributed by atoms with Crippen LogP contribution in [0.2, 0.25) is 5.02 Å². The molecule has 0 aromatic heterocycles. The number of carbonyl (C=O) groups is 5. The number of nitrogens with zero attached hydrogens (tertiary/aromatic N) is 2. The van der Waals surface area contributed by atoms with E-state index in [0.717, 1.165) is 16.0 Å². The summed E-state index contributed by atoms with van der Waals surface area (Å²) in [5, 5.41) is 4.83. The fourth-order valence-corrected chi connectivity index (χ4v) is 9.25. The lowest BCUT2D eigenvalue weighted by Gasteiger charge is -2.31. The molecule has 1 saturated heterocycles. The van der Waals surface area contributed by atoms with Crippen molar-refractivity contribution >= 4 is 51.3 Å². The SMILES string of the molecule is O=C1N[C@]2(C(=O)NS(=O)(=O)C3CC3)C[C@H]2C=CCCCCC[C@H](NC(=O)C2(C(F)(F)F)CC2)C(=O)N2C[C@H](OC(=O)N3Cc4cccc(Cl)c4C3)C[C@@H]12. The van der Waals surface area contributed by atoms with Crippen LogP contribution in [0.25, 0.3) is 0 Å². The number of hydrogen-bond acceptors (Lipinski definition) is 8. The van der Waals surface area contributed by atoms with Gasteiger partial charge in [-0.05, 0) is 68.6 Å². The molecule has 3 heterocycles. The largest absolute Gasteiger partial charge is 0.444 e. The van der Waals surface area contributed by atoms with E-state index in [1.165, 1.54) is 4.90 Å². The van der Waals surface area contributed by atoms with Crippen molar-refractivity contribution in [3.8, 4) is 0 Å². The van der Waals surface area contributed by atoms with Gasteiger partial charge in [-0.15, -0.1) is 0 Å². The summed E-state index contributed by atoms with van der Waals surface area (Å²) in [5.74, 6) is -4.42. The highest BCUT2D eigenvalue weighted by Crippen LogP contribution is 2.57. The van der Waals surface area contributed by atoms with Crippen LogP contribution in [0.5, 0.6) is 0 Å². The van der Waals surface area contributed by atoms with Gasteiger partial charge < -0.3 is 20.3 Å². The molecular formula is C35H41ClF3N5O8S. The zero-order chi connectivity index (χ0) is 37.9. The normalized spacial score (nSPS) is 29.8. The van der Waals surface area contributed by atoms with E-state index >= 15 is 0 Å². The van der Waals surface area contributed by atoms with Gasteiger partial charge in [0.1, 0.15) is 29.1 Å². The molecule has 4 fully saturated rings. The molecule has 0 bridgehead atoms. The van der Waals surface area contributed by atoms with Crippen LogP contribution in [-0.2, 0) is 47.0 Å². The van der Waals surface area contributed by atoms with E-state index in [4.69, 9.17) is 16.3 Å². The quantitative estimate of drug-likeness (QED) is 0.368. The van der Waals surface area contributed by atoms with Crippen molar-refractivity contribution in [3.63, 3.8) is 0 Å². The van der Waals surface area contributed by atoms with Crippen LogP contribution >= 0.6 is 11.6 Å². The molecule has 3 N–H and O–H groups in total. The maximum atomic E-state index is 14.3. The maximum absolute atomic E-state index is 14.3. The number of ether oxygens (including phenoxy) is 1. The first-order valence-electron chi connectivity index (χ1n) is 18.0. The van der Waals surface area contributed by atoms with Gasteiger partial charge in [0.2, 0.25) is 27.7 Å². The zero-order valence-electron chi connectivity index (χ0n) is 28.8. The number of halogens is 4. The molecule has 6 aliphatic rings. The van der Waals surface area contributed by atoms with Crippen LogP contribution in [0.1, 0.15) is 81.8 Å². The van der Waals surface area contributed by atoms with Crippen LogP contribution in [0.3, 0.4) is 0 Å². The second-order valence-electron chi connectivity index (χ2n) is 15.1. The predicted molar refractivity (Wildman–Crippen MR) is 182 cm³/mol. The number of allylic oxidation sites excluding steroid dienone is 1. The predicted octanol–water partition coefficient (Wildman–Crippen LogP) is 3.59. The van der Waals surface area contributed by atoms with Crippen molar-refractivity contribution in [2.24, 2.45) is 11.3 Å². The molecular weight excluding hydrogens is 743 g/mol. The Hall–Kier alpha value is -3.86. The molecule has 53 heavy (non-hydrogen) atoms. The second-order valence-corrected chi connectivity index (χ2v) is 17.5. The lowest BCUT2D eigenvalue weighted by molar-refractivity contribution is -0.193. The molecule has 3 saturated carbocycles. The number of carbonyl (C=O) groups excluding carboxylic acids is 5. The van der Waals surface area contributed by atoms with Gasteiger partial charge in [0.25, 0.3) is 5.91 Å². The Labute approximate surface area is 309 Å². The number of amides is 5. The first kappa shape index (κ1) is 37.5. The number of rotatable bonds is 6. The molecule has 13 nitrogen and oxygen atoms in total. The average Bonchev–Trinajstić information content (AvgIpc) is 4.03. The lowest BCUT2D eigenvalue weighted by Crippen LogP contribution is -2.59. The van der Waals surface area contributed by atoms with Crippen molar-refractivity contribution in [1.29, 1.82) is 0 Å². The Morgan fingerprint density at radius 1 is 1.02 bits per heavy atom. The van der Waals surface area contributed by atoms with E-state index in [2.05, 4.69) is 15.4 Å². The van der Waals surface area contributed by atoms with E-state index < -0.39 is 99.1 Å². The summed E-state index contributed by atoms with van der Waals surface area (Å²) in [6, 6.07) is 2.49. The Balaban J connectivity index is 1.15. The zero-order valence-corrected chi connectivity index (χ0v) is 30.3. The monoisotopic (exact) mass is 783 g/mol. The number of benzene rings is 1. The summed E-state index contributed by atoms with van der Waals surface area (Å²) in [6.07, 6.45) is -1.04. The third-order valence-corrected chi connectivity index (χ3v) is 13.5. The third kappa shape index (κ3) is 7.34. The summed E-state index contributed by atoms with van der Waals surface area (Å²) in [4.78, 5) is 71.1. The van der Waals surface area contributed by atoms with Crippen molar-refractivity contribution in [2.75, 3.05) is 6.54 Å². The number of sulfonamides is 1. The molecule has 0 radical (unpaired) electrons. The van der Waals surface area contributed by atoms with Gasteiger partial charge in [-0.3, -0.25) is 28.8 Å². The summed E-state index contributed by atoms with van der Waals surface area (Å²) < 4.78 is 75.1. The molecule has 5 amide bonds. The van der Waals surface area contributed by atoms with Crippen LogP contribution in [-0.4, -0.2) is 89.6 Å². The van der Waals surface area contributed by atoms with Gasteiger partial charge in [0.05, 0.1) is 18.3 Å². The molecule has 0 unspecified atom stereocenters. The number of fused-ring (bicyclic) bond motifs is 3. The molecule has 0 spiro atoms. The number of hydrogen-bond donors (Lipinski definition) is 3. The highest BCUT2D eigenvalue weighted by atomic mass is 35.5.